The van der Waals surface area contributed by atoms with Crippen molar-refractivity contribution in [2.75, 3.05) is 20.3 Å². The number of carbonyl (C=O) groups excluding carboxylic acids is 1. The summed E-state index contributed by atoms with van der Waals surface area (Å²) in [4.78, 5) is 21.7. The molecular formula is C18H37N3O4. The molecule has 1 atom stereocenters. The van der Waals surface area contributed by atoms with Crippen LogP contribution in [0.2, 0.25) is 0 Å². The molecule has 1 aliphatic heterocycles. The summed E-state index contributed by atoms with van der Waals surface area (Å²) >= 11 is 0. The first kappa shape index (κ1) is 22.3. The molecule has 1 aliphatic rings. The Kier molecular flexibility index (Phi) is 14.9. The van der Waals surface area contributed by atoms with Crippen LogP contribution in [0.5, 0.6) is 0 Å². The van der Waals surface area contributed by atoms with Crippen LogP contribution in [-0.4, -0.2) is 26.2 Å². The number of esters is 1. The first-order valence-electron chi connectivity index (χ1n) is 9.93. The maximum Gasteiger partial charge on any atom is 0.310 e. The van der Waals surface area contributed by atoms with Gasteiger partial charge in [0.05, 0.1) is 19.6 Å². The Morgan fingerprint density at radius 3 is 2.04 bits per heavy atom. The lowest BCUT2D eigenvalue weighted by molar-refractivity contribution is -0.348. The van der Waals surface area contributed by atoms with Crippen LogP contribution in [0.4, 0.5) is 0 Å². The third kappa shape index (κ3) is 13.2. The molecule has 1 saturated heterocycles. The number of hydrazine groups is 2. The van der Waals surface area contributed by atoms with Gasteiger partial charge in [-0.2, -0.15) is 5.53 Å². The Morgan fingerprint density at radius 2 is 1.44 bits per heavy atom. The van der Waals surface area contributed by atoms with Crippen LogP contribution in [-0.2, 0) is 19.4 Å². The molecular weight excluding hydrogens is 322 g/mol. The molecule has 3 N–H and O–H groups in total. The Hall–Kier alpha value is -0.730. The fourth-order valence-electron chi connectivity index (χ4n) is 3.09. The topological polar surface area (TPSA) is 80.9 Å². The van der Waals surface area contributed by atoms with Gasteiger partial charge >= 0.3 is 5.97 Å². The summed E-state index contributed by atoms with van der Waals surface area (Å²) in [6.45, 7) is 1.04. The zero-order chi connectivity index (χ0) is 18.0. The molecule has 1 fully saturated rings. The Balaban J connectivity index is 2.26. The predicted molar refractivity (Wildman–Crippen MR) is 96.8 cm³/mol. The average Bonchev–Trinajstić information content (AvgIpc) is 2.63. The largest absolute Gasteiger partial charge is 0.469 e. The van der Waals surface area contributed by atoms with Crippen molar-refractivity contribution >= 4 is 5.97 Å². The predicted octanol–water partition coefficient (Wildman–Crippen LogP) is 3.32. The van der Waals surface area contributed by atoms with Crippen LogP contribution < -0.4 is 16.5 Å². The zero-order valence-electron chi connectivity index (χ0n) is 15.8. The minimum absolute atomic E-state index is 0.158. The molecule has 148 valence electrons. The molecule has 0 aromatic carbocycles. The standard InChI is InChI=1S/C18H37N3O4/c1-23-18(22)17-14-12-10-8-6-4-2-3-5-7-9-11-13-15-24-25-21-20-19-16-17/h17,19-21H,2-16H2,1H3. The van der Waals surface area contributed by atoms with Crippen molar-refractivity contribution in [3.63, 3.8) is 0 Å². The second-order valence-electron chi connectivity index (χ2n) is 6.76. The summed E-state index contributed by atoms with van der Waals surface area (Å²) in [7, 11) is 1.44. The molecule has 7 nitrogen and oxygen atoms in total. The number of hydrogen-bond acceptors (Lipinski definition) is 7. The van der Waals surface area contributed by atoms with Gasteiger partial charge in [-0.15, -0.1) is 4.99 Å². The van der Waals surface area contributed by atoms with Crippen molar-refractivity contribution in [1.82, 2.24) is 16.5 Å². The van der Waals surface area contributed by atoms with Gasteiger partial charge in [-0.05, 0) is 12.8 Å². The van der Waals surface area contributed by atoms with Gasteiger partial charge in [0.1, 0.15) is 0 Å². The fraction of sp³-hybridized carbons (Fsp3) is 0.944. The smallest absolute Gasteiger partial charge is 0.310 e. The molecule has 7 heteroatoms. The van der Waals surface area contributed by atoms with E-state index in [9.17, 15) is 4.79 Å². The summed E-state index contributed by atoms with van der Waals surface area (Å²) in [5.41, 5.74) is 8.04. The van der Waals surface area contributed by atoms with Gasteiger partial charge in [0.25, 0.3) is 0 Å². The van der Waals surface area contributed by atoms with Gasteiger partial charge in [0.2, 0.25) is 0 Å². The van der Waals surface area contributed by atoms with E-state index in [1.165, 1.54) is 71.3 Å². The molecule has 0 bridgehead atoms. The van der Waals surface area contributed by atoms with Crippen molar-refractivity contribution in [2.24, 2.45) is 5.92 Å². The SMILES string of the molecule is COC(=O)C1CCCCCCCCCCCCCCOONNNC1. The lowest BCUT2D eigenvalue weighted by atomic mass is 10.00. The molecule has 0 aromatic rings. The lowest BCUT2D eigenvalue weighted by Crippen LogP contribution is -2.46. The maximum atomic E-state index is 11.8. The zero-order valence-corrected chi connectivity index (χ0v) is 15.8. The minimum atomic E-state index is -0.176. The summed E-state index contributed by atoms with van der Waals surface area (Å²) in [6, 6.07) is 0. The van der Waals surface area contributed by atoms with E-state index in [4.69, 9.17) is 14.6 Å². The molecule has 25 heavy (non-hydrogen) atoms. The highest BCUT2D eigenvalue weighted by Gasteiger charge is 2.18. The van der Waals surface area contributed by atoms with Gasteiger partial charge in [-0.3, -0.25) is 4.79 Å². The number of nitrogens with one attached hydrogen (secondary N) is 3. The van der Waals surface area contributed by atoms with E-state index < -0.39 is 0 Å². The molecule has 0 aromatic heterocycles. The van der Waals surface area contributed by atoms with Crippen LogP contribution in [0, 0.1) is 5.92 Å². The van der Waals surface area contributed by atoms with Gasteiger partial charge in [0.15, 0.2) is 0 Å². The molecule has 1 rings (SSSR count). The summed E-state index contributed by atoms with van der Waals surface area (Å²) in [5.74, 6) is -0.334. The van der Waals surface area contributed by atoms with E-state index in [-0.39, 0.29) is 11.9 Å². The van der Waals surface area contributed by atoms with Gasteiger partial charge < -0.3 is 4.74 Å². The molecule has 0 radical (unpaired) electrons. The molecule has 0 saturated carbocycles. The molecule has 1 heterocycles. The van der Waals surface area contributed by atoms with Crippen molar-refractivity contribution in [3.8, 4) is 0 Å². The van der Waals surface area contributed by atoms with Crippen molar-refractivity contribution in [1.29, 1.82) is 0 Å². The fourth-order valence-corrected chi connectivity index (χ4v) is 3.09. The highest BCUT2D eigenvalue weighted by molar-refractivity contribution is 5.72. The van der Waals surface area contributed by atoms with E-state index in [0.29, 0.717) is 13.2 Å². The van der Waals surface area contributed by atoms with E-state index in [1.807, 2.05) is 0 Å². The van der Waals surface area contributed by atoms with E-state index in [0.717, 1.165) is 19.3 Å². The summed E-state index contributed by atoms with van der Waals surface area (Å²) in [5, 5.41) is 0. The number of hydrogen-bond donors (Lipinski definition) is 3. The normalized spacial score (nSPS) is 24.8. The summed E-state index contributed by atoms with van der Waals surface area (Å²) < 4.78 is 4.88. The van der Waals surface area contributed by atoms with Gasteiger partial charge in [0, 0.05) is 6.54 Å². The highest BCUT2D eigenvalue weighted by atomic mass is 17.3. The molecule has 0 aliphatic carbocycles. The summed E-state index contributed by atoms with van der Waals surface area (Å²) in [6.07, 6.45) is 15.8. The first-order chi connectivity index (χ1) is 12.3. The Bertz CT molecular complexity index is 297. The van der Waals surface area contributed by atoms with E-state index in [2.05, 4.69) is 16.5 Å². The van der Waals surface area contributed by atoms with Crippen LogP contribution in [0.1, 0.15) is 83.5 Å². The highest BCUT2D eigenvalue weighted by Crippen LogP contribution is 2.15. The molecule has 0 amide bonds. The van der Waals surface area contributed by atoms with Crippen LogP contribution in [0.15, 0.2) is 0 Å². The second-order valence-corrected chi connectivity index (χ2v) is 6.76. The van der Waals surface area contributed by atoms with Crippen LogP contribution in [0.25, 0.3) is 0 Å². The molecule has 1 unspecified atom stereocenters. The number of rotatable bonds is 1. The quantitative estimate of drug-likeness (QED) is 0.489. The van der Waals surface area contributed by atoms with Crippen molar-refractivity contribution in [3.05, 3.63) is 0 Å². The third-order valence-electron chi connectivity index (χ3n) is 4.65. The second kappa shape index (κ2) is 16.7. The third-order valence-corrected chi connectivity index (χ3v) is 4.65. The number of methoxy groups -OCH3 is 1. The Labute approximate surface area is 152 Å². The van der Waals surface area contributed by atoms with E-state index in [1.54, 1.807) is 0 Å². The van der Waals surface area contributed by atoms with Crippen molar-refractivity contribution in [2.45, 2.75) is 83.5 Å². The number of ether oxygens (including phenoxy) is 1. The molecule has 0 spiro atoms. The Morgan fingerprint density at radius 1 is 0.880 bits per heavy atom. The van der Waals surface area contributed by atoms with Crippen LogP contribution >= 0.6 is 0 Å². The minimum Gasteiger partial charge on any atom is -0.469 e. The lowest BCUT2D eigenvalue weighted by Gasteiger charge is -2.16. The van der Waals surface area contributed by atoms with Crippen LogP contribution in [0.3, 0.4) is 0 Å². The van der Waals surface area contributed by atoms with E-state index >= 15 is 0 Å². The average molecular weight is 360 g/mol. The van der Waals surface area contributed by atoms with Gasteiger partial charge in [-0.1, -0.05) is 76.2 Å². The van der Waals surface area contributed by atoms with Crippen molar-refractivity contribution < 1.29 is 19.4 Å². The maximum absolute atomic E-state index is 11.8. The number of carbonyl (C=O) groups is 1. The first-order valence-corrected chi connectivity index (χ1v) is 9.93. The monoisotopic (exact) mass is 359 g/mol. The van der Waals surface area contributed by atoms with Gasteiger partial charge in [-0.25, -0.2) is 10.3 Å².